The molecule has 0 saturated carbocycles. The second-order valence-corrected chi connectivity index (χ2v) is 3.14. The van der Waals surface area contributed by atoms with Gasteiger partial charge in [-0.2, -0.15) is 0 Å². The summed E-state index contributed by atoms with van der Waals surface area (Å²) in [5.41, 5.74) is 0.960. The smallest absolute Gasteiger partial charge is 0.183 e. The molecule has 0 fully saturated rings. The molecule has 1 N–H and O–H groups in total. The highest BCUT2D eigenvalue weighted by Gasteiger charge is 1.99. The van der Waals surface area contributed by atoms with E-state index in [9.17, 15) is 0 Å². The Kier molecular flexibility index (Phi) is 1.47. The van der Waals surface area contributed by atoms with Crippen LogP contribution in [-0.2, 0) is 0 Å². The normalized spacial score (nSPS) is 10.3. The Balaban J connectivity index is 2.69. The molecule has 0 spiro atoms. The number of nitrogens with one attached hydrogen (secondary N) is 1. The van der Waals surface area contributed by atoms with E-state index in [0.29, 0.717) is 0 Å². The van der Waals surface area contributed by atoms with Gasteiger partial charge in [-0.1, -0.05) is 11.3 Å². The zero-order chi connectivity index (χ0) is 7.68. The average molecular weight is 165 g/mol. The largest absolute Gasteiger partial charge is 0.365 e. The fourth-order valence-corrected chi connectivity index (χ4v) is 1.67. The van der Waals surface area contributed by atoms with Crippen LogP contribution in [-0.4, -0.2) is 17.0 Å². The third-order valence-corrected chi connectivity index (χ3v) is 2.46. The molecule has 0 bridgehead atoms. The van der Waals surface area contributed by atoms with Gasteiger partial charge in [0.05, 0.1) is 10.9 Å². The molecule has 2 aromatic rings. The number of pyridine rings is 1. The van der Waals surface area contributed by atoms with Gasteiger partial charge >= 0.3 is 0 Å². The van der Waals surface area contributed by atoms with E-state index in [1.165, 1.54) is 4.70 Å². The van der Waals surface area contributed by atoms with Crippen LogP contribution in [0, 0.1) is 0 Å². The van der Waals surface area contributed by atoms with E-state index in [-0.39, 0.29) is 0 Å². The van der Waals surface area contributed by atoms with E-state index in [1.54, 1.807) is 23.7 Å². The minimum atomic E-state index is 0.938. The van der Waals surface area contributed by atoms with Crippen LogP contribution in [0.1, 0.15) is 0 Å². The number of thiazole rings is 1. The van der Waals surface area contributed by atoms with Gasteiger partial charge in [-0.3, -0.25) is 4.98 Å². The number of rotatable bonds is 1. The van der Waals surface area contributed by atoms with Crippen molar-refractivity contribution in [3.63, 3.8) is 0 Å². The lowest BCUT2D eigenvalue weighted by atomic mass is 10.5. The summed E-state index contributed by atoms with van der Waals surface area (Å²) in [4.78, 5) is 8.25. The Hall–Kier alpha value is -1.16. The Morgan fingerprint density at radius 1 is 1.55 bits per heavy atom. The van der Waals surface area contributed by atoms with Gasteiger partial charge in [0.2, 0.25) is 0 Å². The molecule has 11 heavy (non-hydrogen) atoms. The first-order chi connectivity index (χ1) is 5.40. The molecule has 3 nitrogen and oxygen atoms in total. The van der Waals surface area contributed by atoms with E-state index in [1.807, 2.05) is 13.1 Å². The Labute approximate surface area is 68.1 Å². The summed E-state index contributed by atoms with van der Waals surface area (Å²) in [5.74, 6) is 0. The molecular formula is C7H7N3S. The van der Waals surface area contributed by atoms with Crippen LogP contribution in [0.3, 0.4) is 0 Å². The Morgan fingerprint density at radius 3 is 3.18 bits per heavy atom. The van der Waals surface area contributed by atoms with Gasteiger partial charge < -0.3 is 5.32 Å². The van der Waals surface area contributed by atoms with Crippen LogP contribution in [0.2, 0.25) is 0 Å². The standard InChI is InChI=1S/C7H7N3S/c1-8-7-10-5-4-9-3-2-6(5)11-7/h2-4H,1H3,(H,8,10). The lowest BCUT2D eigenvalue weighted by Crippen LogP contribution is -1.83. The summed E-state index contributed by atoms with van der Waals surface area (Å²) in [5, 5.41) is 3.93. The molecule has 0 saturated heterocycles. The molecule has 0 aliphatic heterocycles. The lowest BCUT2D eigenvalue weighted by molar-refractivity contribution is 1.33. The number of nitrogens with zero attached hydrogens (tertiary/aromatic N) is 2. The molecule has 4 heteroatoms. The van der Waals surface area contributed by atoms with Crippen LogP contribution >= 0.6 is 11.3 Å². The van der Waals surface area contributed by atoms with Gasteiger partial charge in [-0.05, 0) is 6.07 Å². The van der Waals surface area contributed by atoms with Crippen LogP contribution in [0.25, 0.3) is 10.2 Å². The molecular weight excluding hydrogens is 158 g/mol. The molecule has 2 heterocycles. The summed E-state index contributed by atoms with van der Waals surface area (Å²) in [6.45, 7) is 0. The first-order valence-corrected chi connectivity index (χ1v) is 4.10. The van der Waals surface area contributed by atoms with Gasteiger partial charge in [0, 0.05) is 13.2 Å². The highest BCUT2D eigenvalue weighted by atomic mass is 32.1. The molecule has 0 aliphatic carbocycles. The lowest BCUT2D eigenvalue weighted by Gasteiger charge is -1.84. The first kappa shape index (κ1) is 6.54. The second-order valence-electron chi connectivity index (χ2n) is 2.11. The first-order valence-electron chi connectivity index (χ1n) is 3.28. The maximum absolute atomic E-state index is 4.28. The number of hydrogen-bond donors (Lipinski definition) is 1. The number of hydrogen-bond acceptors (Lipinski definition) is 4. The summed E-state index contributed by atoms with van der Waals surface area (Å²) < 4.78 is 1.17. The minimum Gasteiger partial charge on any atom is -0.365 e. The number of anilines is 1. The van der Waals surface area contributed by atoms with Crippen molar-refractivity contribution >= 4 is 26.7 Å². The molecule has 0 atom stereocenters. The molecule has 56 valence electrons. The van der Waals surface area contributed by atoms with Crippen molar-refractivity contribution in [2.75, 3.05) is 12.4 Å². The number of fused-ring (bicyclic) bond motifs is 1. The van der Waals surface area contributed by atoms with Crippen molar-refractivity contribution in [2.45, 2.75) is 0 Å². The molecule has 0 amide bonds. The number of aromatic nitrogens is 2. The van der Waals surface area contributed by atoms with Crippen molar-refractivity contribution in [3.05, 3.63) is 18.5 Å². The SMILES string of the molecule is CNc1nc2cnccc2s1. The van der Waals surface area contributed by atoms with Gasteiger partial charge in [0.1, 0.15) is 5.52 Å². The summed E-state index contributed by atoms with van der Waals surface area (Å²) in [7, 11) is 1.87. The molecule has 2 aromatic heterocycles. The van der Waals surface area contributed by atoms with Gasteiger partial charge in [-0.15, -0.1) is 0 Å². The highest BCUT2D eigenvalue weighted by Crippen LogP contribution is 2.23. The molecule has 0 aliphatic rings. The average Bonchev–Trinajstić information content (AvgIpc) is 2.46. The van der Waals surface area contributed by atoms with Gasteiger partial charge in [-0.25, -0.2) is 4.98 Å². The van der Waals surface area contributed by atoms with Crippen molar-refractivity contribution in [1.29, 1.82) is 0 Å². The summed E-state index contributed by atoms with van der Waals surface area (Å²) in [6, 6.07) is 1.97. The maximum atomic E-state index is 4.28. The maximum Gasteiger partial charge on any atom is 0.183 e. The van der Waals surface area contributed by atoms with E-state index >= 15 is 0 Å². The second kappa shape index (κ2) is 2.47. The molecule has 0 radical (unpaired) electrons. The van der Waals surface area contributed by atoms with Gasteiger partial charge in [0.15, 0.2) is 5.13 Å². The molecule has 2 rings (SSSR count). The van der Waals surface area contributed by atoms with Crippen molar-refractivity contribution in [1.82, 2.24) is 9.97 Å². The van der Waals surface area contributed by atoms with E-state index in [2.05, 4.69) is 15.3 Å². The van der Waals surface area contributed by atoms with Crippen LogP contribution in [0.15, 0.2) is 18.5 Å². The third kappa shape index (κ3) is 1.05. The fourth-order valence-electron chi connectivity index (χ4n) is 0.887. The van der Waals surface area contributed by atoms with Crippen molar-refractivity contribution in [2.24, 2.45) is 0 Å². The van der Waals surface area contributed by atoms with Crippen LogP contribution in [0.5, 0.6) is 0 Å². The van der Waals surface area contributed by atoms with Crippen LogP contribution < -0.4 is 5.32 Å². The van der Waals surface area contributed by atoms with E-state index in [4.69, 9.17) is 0 Å². The fraction of sp³-hybridized carbons (Fsp3) is 0.143. The zero-order valence-corrected chi connectivity index (χ0v) is 6.85. The van der Waals surface area contributed by atoms with Crippen LogP contribution in [0.4, 0.5) is 5.13 Å². The van der Waals surface area contributed by atoms with E-state index < -0.39 is 0 Å². The Bertz CT molecular complexity index is 335. The quantitative estimate of drug-likeness (QED) is 0.699. The van der Waals surface area contributed by atoms with Gasteiger partial charge in [0.25, 0.3) is 0 Å². The predicted molar refractivity (Wildman–Crippen MR) is 47.0 cm³/mol. The molecule has 0 unspecified atom stereocenters. The minimum absolute atomic E-state index is 0.938. The van der Waals surface area contributed by atoms with E-state index in [0.717, 1.165) is 10.6 Å². The van der Waals surface area contributed by atoms with Crippen molar-refractivity contribution in [3.8, 4) is 0 Å². The Morgan fingerprint density at radius 2 is 2.45 bits per heavy atom. The highest BCUT2D eigenvalue weighted by molar-refractivity contribution is 7.22. The monoisotopic (exact) mass is 165 g/mol. The molecule has 0 aromatic carbocycles. The summed E-state index contributed by atoms with van der Waals surface area (Å²) >= 11 is 1.64. The third-order valence-electron chi connectivity index (χ3n) is 1.40. The zero-order valence-electron chi connectivity index (χ0n) is 6.03. The van der Waals surface area contributed by atoms with Crippen molar-refractivity contribution < 1.29 is 0 Å². The summed E-state index contributed by atoms with van der Waals surface area (Å²) in [6.07, 6.45) is 3.55. The topological polar surface area (TPSA) is 37.8 Å². The predicted octanol–water partition coefficient (Wildman–Crippen LogP) is 1.73.